The molecule has 0 saturated carbocycles. The van der Waals surface area contributed by atoms with Gasteiger partial charge in [-0.3, -0.25) is 0 Å². The number of halogens is 1. The number of carbonyl (C=O) groups excluding carboxylic acids is 1. The van der Waals surface area contributed by atoms with Gasteiger partial charge < -0.3 is 0 Å². The number of hydrogen-bond donors (Lipinski definition) is 0. The molecule has 0 heterocycles. The summed E-state index contributed by atoms with van der Waals surface area (Å²) in [7, 11) is 0. The third-order valence-electron chi connectivity index (χ3n) is 2.32. The van der Waals surface area contributed by atoms with E-state index in [0.29, 0.717) is 0 Å². The molecule has 0 aromatic heterocycles. The van der Waals surface area contributed by atoms with Crippen LogP contribution in [0.2, 0.25) is 0 Å². The normalized spacial score (nSPS) is 12.0. The van der Waals surface area contributed by atoms with Crippen LogP contribution in [0.25, 0.3) is 0 Å². The lowest BCUT2D eigenvalue weighted by atomic mass is 10.0. The Morgan fingerprint density at radius 3 is 2.64 bits per heavy atom. The van der Waals surface area contributed by atoms with Gasteiger partial charge in [0.1, 0.15) is 0 Å². The van der Waals surface area contributed by atoms with Crippen LogP contribution < -0.4 is 0 Å². The Kier molecular flexibility index (Phi) is 3.62. The minimum absolute atomic E-state index is 0.121. The van der Waals surface area contributed by atoms with Crippen molar-refractivity contribution in [3.8, 4) is 0 Å². The van der Waals surface area contributed by atoms with E-state index in [-0.39, 0.29) is 6.04 Å². The van der Waals surface area contributed by atoms with Gasteiger partial charge in [-0.1, -0.05) is 28.1 Å². The van der Waals surface area contributed by atoms with Crippen molar-refractivity contribution in [3.05, 3.63) is 33.3 Å². The van der Waals surface area contributed by atoms with Crippen LogP contribution in [-0.4, -0.2) is 6.08 Å². The van der Waals surface area contributed by atoms with Gasteiger partial charge in [0.05, 0.1) is 6.04 Å². The quantitative estimate of drug-likeness (QED) is 0.587. The highest BCUT2D eigenvalue weighted by Gasteiger charge is 2.10. The van der Waals surface area contributed by atoms with Crippen molar-refractivity contribution in [2.75, 3.05) is 0 Å². The van der Waals surface area contributed by atoms with Gasteiger partial charge in [-0.25, -0.2) is 4.79 Å². The molecule has 0 amide bonds. The molecule has 0 spiro atoms. The molecule has 14 heavy (non-hydrogen) atoms. The van der Waals surface area contributed by atoms with Crippen molar-refractivity contribution in [3.63, 3.8) is 0 Å². The van der Waals surface area contributed by atoms with Crippen LogP contribution in [-0.2, 0) is 4.79 Å². The Labute approximate surface area is 92.2 Å². The van der Waals surface area contributed by atoms with E-state index in [1.807, 2.05) is 32.9 Å². The molecule has 0 bridgehead atoms. The number of nitrogens with zero attached hydrogens (tertiary/aromatic N) is 1. The van der Waals surface area contributed by atoms with E-state index in [0.717, 1.165) is 15.6 Å². The fraction of sp³-hybridized carbons (Fsp3) is 0.364. The average Bonchev–Trinajstić information content (AvgIpc) is 2.15. The molecule has 1 atom stereocenters. The molecule has 0 aliphatic rings. The number of aryl methyl sites for hydroxylation is 1. The van der Waals surface area contributed by atoms with E-state index in [1.54, 1.807) is 6.08 Å². The summed E-state index contributed by atoms with van der Waals surface area (Å²) < 4.78 is 1.09. The predicted octanol–water partition coefficient (Wildman–Crippen LogP) is 3.46. The van der Waals surface area contributed by atoms with Gasteiger partial charge in [-0.15, -0.1) is 0 Å². The SMILES string of the molecule is Cc1ccc(C(C)N=C=O)c(C)c1Br. The monoisotopic (exact) mass is 253 g/mol. The van der Waals surface area contributed by atoms with E-state index in [4.69, 9.17) is 0 Å². The van der Waals surface area contributed by atoms with Crippen molar-refractivity contribution >= 4 is 22.0 Å². The van der Waals surface area contributed by atoms with Crippen LogP contribution in [0.1, 0.15) is 29.7 Å². The van der Waals surface area contributed by atoms with Crippen molar-refractivity contribution in [1.82, 2.24) is 0 Å². The highest BCUT2D eigenvalue weighted by molar-refractivity contribution is 9.10. The Morgan fingerprint density at radius 2 is 2.07 bits per heavy atom. The standard InChI is InChI=1S/C11H12BrNO/c1-7-4-5-10(8(2)11(7)12)9(3)13-6-14/h4-5,9H,1-3H3. The summed E-state index contributed by atoms with van der Waals surface area (Å²) in [6.45, 7) is 5.94. The van der Waals surface area contributed by atoms with Crippen LogP contribution >= 0.6 is 15.9 Å². The largest absolute Gasteiger partial charge is 0.235 e. The van der Waals surface area contributed by atoms with Crippen LogP contribution in [0, 0.1) is 13.8 Å². The zero-order valence-electron chi connectivity index (χ0n) is 8.47. The maximum Gasteiger partial charge on any atom is 0.235 e. The van der Waals surface area contributed by atoms with Crippen molar-refractivity contribution in [1.29, 1.82) is 0 Å². The third-order valence-corrected chi connectivity index (χ3v) is 3.54. The van der Waals surface area contributed by atoms with Gasteiger partial charge in [0.15, 0.2) is 0 Å². The van der Waals surface area contributed by atoms with E-state index >= 15 is 0 Å². The van der Waals surface area contributed by atoms with Crippen LogP contribution in [0.3, 0.4) is 0 Å². The van der Waals surface area contributed by atoms with Crippen molar-refractivity contribution in [2.45, 2.75) is 26.8 Å². The Hall–Kier alpha value is -0.920. The molecule has 0 fully saturated rings. The second-order valence-electron chi connectivity index (χ2n) is 3.31. The fourth-order valence-electron chi connectivity index (χ4n) is 1.44. The number of benzene rings is 1. The molecule has 0 aliphatic carbocycles. The summed E-state index contributed by atoms with van der Waals surface area (Å²) in [5.74, 6) is 0. The molecule has 1 aromatic rings. The molecule has 0 saturated heterocycles. The van der Waals surface area contributed by atoms with Gasteiger partial charge in [-0.05, 0) is 37.5 Å². The van der Waals surface area contributed by atoms with Crippen molar-refractivity contribution in [2.24, 2.45) is 4.99 Å². The van der Waals surface area contributed by atoms with Gasteiger partial charge in [0.25, 0.3) is 0 Å². The Bertz CT molecular complexity index is 395. The third kappa shape index (κ3) is 2.11. The lowest BCUT2D eigenvalue weighted by Gasteiger charge is -2.11. The lowest BCUT2D eigenvalue weighted by Crippen LogP contribution is -1.95. The summed E-state index contributed by atoms with van der Waals surface area (Å²) >= 11 is 3.51. The molecule has 0 aliphatic heterocycles. The van der Waals surface area contributed by atoms with Crippen LogP contribution in [0.5, 0.6) is 0 Å². The number of rotatable bonds is 2. The number of isocyanates is 1. The molecule has 1 rings (SSSR count). The first-order valence-electron chi connectivity index (χ1n) is 4.40. The molecular formula is C11H12BrNO. The molecule has 0 radical (unpaired) electrons. The smallest absolute Gasteiger partial charge is 0.211 e. The summed E-state index contributed by atoms with van der Waals surface area (Å²) in [6, 6.07) is 3.90. The summed E-state index contributed by atoms with van der Waals surface area (Å²) in [4.78, 5) is 13.8. The van der Waals surface area contributed by atoms with E-state index < -0.39 is 0 Å². The Morgan fingerprint density at radius 1 is 1.43 bits per heavy atom. The molecule has 3 heteroatoms. The first kappa shape index (κ1) is 11.2. The zero-order chi connectivity index (χ0) is 10.7. The second-order valence-corrected chi connectivity index (χ2v) is 4.10. The minimum Gasteiger partial charge on any atom is -0.211 e. The zero-order valence-corrected chi connectivity index (χ0v) is 10.1. The van der Waals surface area contributed by atoms with Crippen LogP contribution in [0.15, 0.2) is 21.6 Å². The highest BCUT2D eigenvalue weighted by atomic mass is 79.9. The molecule has 0 N–H and O–H groups in total. The van der Waals surface area contributed by atoms with Gasteiger partial charge in [-0.2, -0.15) is 4.99 Å². The summed E-state index contributed by atoms with van der Waals surface area (Å²) in [6.07, 6.45) is 1.59. The average molecular weight is 254 g/mol. The maximum absolute atomic E-state index is 10.1. The highest BCUT2D eigenvalue weighted by Crippen LogP contribution is 2.28. The summed E-state index contributed by atoms with van der Waals surface area (Å²) in [5.41, 5.74) is 3.39. The number of hydrogen-bond acceptors (Lipinski definition) is 2. The molecule has 1 unspecified atom stereocenters. The molecule has 1 aromatic carbocycles. The first-order chi connectivity index (χ1) is 6.57. The summed E-state index contributed by atoms with van der Waals surface area (Å²) in [5, 5.41) is 0. The molecular weight excluding hydrogens is 242 g/mol. The van der Waals surface area contributed by atoms with Crippen LogP contribution in [0.4, 0.5) is 0 Å². The second kappa shape index (κ2) is 4.54. The predicted molar refractivity (Wildman–Crippen MR) is 60.2 cm³/mol. The topological polar surface area (TPSA) is 29.4 Å². The molecule has 74 valence electrons. The van der Waals surface area contributed by atoms with E-state index in [2.05, 4.69) is 20.9 Å². The van der Waals surface area contributed by atoms with E-state index in [9.17, 15) is 4.79 Å². The van der Waals surface area contributed by atoms with Gasteiger partial charge >= 0.3 is 0 Å². The van der Waals surface area contributed by atoms with Gasteiger partial charge in [0, 0.05) is 4.47 Å². The van der Waals surface area contributed by atoms with Gasteiger partial charge in [0.2, 0.25) is 6.08 Å². The number of aliphatic imine (C=N–C) groups is 1. The van der Waals surface area contributed by atoms with E-state index in [1.165, 1.54) is 5.56 Å². The molecule has 2 nitrogen and oxygen atoms in total. The van der Waals surface area contributed by atoms with Crippen molar-refractivity contribution < 1.29 is 4.79 Å². The fourth-order valence-corrected chi connectivity index (χ4v) is 1.80. The minimum atomic E-state index is -0.121. The Balaban J connectivity index is 3.23. The first-order valence-corrected chi connectivity index (χ1v) is 5.19. The maximum atomic E-state index is 10.1. The lowest BCUT2D eigenvalue weighted by molar-refractivity contribution is 0.559.